The van der Waals surface area contributed by atoms with E-state index in [0.29, 0.717) is 34.8 Å². The molecule has 0 amide bonds. The van der Waals surface area contributed by atoms with Crippen molar-refractivity contribution in [2.75, 3.05) is 13.2 Å². The van der Waals surface area contributed by atoms with Gasteiger partial charge in [0.15, 0.2) is 11.5 Å². The largest absolute Gasteiger partial charge is 0.486 e. The first-order valence-corrected chi connectivity index (χ1v) is 8.22. The highest BCUT2D eigenvalue weighted by Gasteiger charge is 2.21. The molecule has 110 valence electrons. The number of hydrogen-bond donors (Lipinski definition) is 0. The SMILES string of the molecule is Cc1ccc(C(Br)c2cc3c(cc2Cl)OCCO3)c(Cl)c1. The lowest BCUT2D eigenvalue weighted by Crippen LogP contribution is -2.15. The predicted molar refractivity (Wildman–Crippen MR) is 89.4 cm³/mol. The summed E-state index contributed by atoms with van der Waals surface area (Å²) in [4.78, 5) is -0.103. The molecule has 1 heterocycles. The molecule has 2 nitrogen and oxygen atoms in total. The zero-order chi connectivity index (χ0) is 15.0. The molecule has 0 spiro atoms. The highest BCUT2D eigenvalue weighted by Crippen LogP contribution is 2.43. The number of benzene rings is 2. The molecule has 0 N–H and O–H groups in total. The molecule has 3 rings (SSSR count). The molecule has 5 heteroatoms. The second-order valence-corrected chi connectivity index (χ2v) is 6.63. The van der Waals surface area contributed by atoms with Gasteiger partial charge in [0.2, 0.25) is 0 Å². The van der Waals surface area contributed by atoms with Crippen molar-refractivity contribution in [3.8, 4) is 11.5 Å². The van der Waals surface area contributed by atoms with E-state index in [1.54, 1.807) is 6.07 Å². The van der Waals surface area contributed by atoms with Crippen LogP contribution in [0.25, 0.3) is 0 Å². The Morgan fingerprint density at radius 3 is 2.24 bits per heavy atom. The van der Waals surface area contributed by atoms with Gasteiger partial charge in [-0.3, -0.25) is 0 Å². The van der Waals surface area contributed by atoms with E-state index in [0.717, 1.165) is 16.7 Å². The molecule has 0 saturated heterocycles. The van der Waals surface area contributed by atoms with Gasteiger partial charge in [-0.25, -0.2) is 0 Å². The molecule has 1 unspecified atom stereocenters. The molecule has 2 aromatic rings. The van der Waals surface area contributed by atoms with E-state index in [-0.39, 0.29) is 4.83 Å². The number of halogens is 3. The lowest BCUT2D eigenvalue weighted by atomic mass is 10.0. The van der Waals surface area contributed by atoms with Crippen LogP contribution in [0.5, 0.6) is 11.5 Å². The van der Waals surface area contributed by atoms with Gasteiger partial charge >= 0.3 is 0 Å². The van der Waals surface area contributed by atoms with Crippen LogP contribution in [0.1, 0.15) is 21.5 Å². The van der Waals surface area contributed by atoms with E-state index in [1.165, 1.54) is 0 Å². The minimum absolute atomic E-state index is 0.103. The Balaban J connectivity index is 2.03. The van der Waals surface area contributed by atoms with E-state index < -0.39 is 0 Å². The average Bonchev–Trinajstić information content (AvgIpc) is 2.46. The van der Waals surface area contributed by atoms with Gasteiger partial charge in [0.1, 0.15) is 13.2 Å². The van der Waals surface area contributed by atoms with Crippen molar-refractivity contribution < 1.29 is 9.47 Å². The van der Waals surface area contributed by atoms with Gasteiger partial charge in [0, 0.05) is 16.1 Å². The third kappa shape index (κ3) is 3.01. The molecule has 0 saturated carbocycles. The van der Waals surface area contributed by atoms with Crippen LogP contribution in [0.2, 0.25) is 10.0 Å². The maximum absolute atomic E-state index is 6.38. The normalized spacial score (nSPS) is 14.9. The van der Waals surface area contributed by atoms with E-state index in [2.05, 4.69) is 15.9 Å². The fraction of sp³-hybridized carbons (Fsp3) is 0.250. The third-order valence-corrected chi connectivity index (χ3v) is 5.00. The highest BCUT2D eigenvalue weighted by atomic mass is 79.9. The Morgan fingerprint density at radius 2 is 1.57 bits per heavy atom. The maximum atomic E-state index is 6.38. The number of fused-ring (bicyclic) bond motifs is 1. The molecule has 0 aliphatic carbocycles. The standard InChI is InChI=1S/C16H13BrCl2O2/c1-9-2-3-10(12(18)6-9)16(17)11-7-14-15(8-13(11)19)21-5-4-20-14/h2-3,6-8,16H,4-5H2,1H3. The Bertz CT molecular complexity index is 688. The Labute approximate surface area is 142 Å². The van der Waals surface area contributed by atoms with E-state index >= 15 is 0 Å². The first-order valence-electron chi connectivity index (χ1n) is 6.55. The summed E-state index contributed by atoms with van der Waals surface area (Å²) in [5, 5.41) is 1.33. The smallest absolute Gasteiger partial charge is 0.162 e. The van der Waals surface area contributed by atoms with Gasteiger partial charge in [0.05, 0.1) is 4.83 Å². The summed E-state index contributed by atoms with van der Waals surface area (Å²) in [6, 6.07) is 9.68. The van der Waals surface area contributed by atoms with Gasteiger partial charge in [-0.15, -0.1) is 0 Å². The number of rotatable bonds is 2. The Hall–Kier alpha value is -0.900. The first-order chi connectivity index (χ1) is 10.1. The minimum Gasteiger partial charge on any atom is -0.486 e. The molecule has 1 aliphatic heterocycles. The molecule has 0 fully saturated rings. The van der Waals surface area contributed by atoms with Crippen molar-refractivity contribution in [1.29, 1.82) is 0 Å². The van der Waals surface area contributed by atoms with Crippen molar-refractivity contribution >= 4 is 39.1 Å². The van der Waals surface area contributed by atoms with Crippen LogP contribution < -0.4 is 9.47 Å². The zero-order valence-corrected chi connectivity index (χ0v) is 14.4. The molecular formula is C16H13BrCl2O2. The van der Waals surface area contributed by atoms with E-state index in [4.69, 9.17) is 32.7 Å². The van der Waals surface area contributed by atoms with Crippen LogP contribution in [-0.2, 0) is 0 Å². The number of alkyl halides is 1. The van der Waals surface area contributed by atoms with Gasteiger partial charge in [0.25, 0.3) is 0 Å². The van der Waals surface area contributed by atoms with Crippen LogP contribution >= 0.6 is 39.1 Å². The molecule has 0 radical (unpaired) electrons. The second kappa shape index (κ2) is 6.07. The minimum atomic E-state index is -0.103. The number of ether oxygens (including phenoxy) is 2. The van der Waals surface area contributed by atoms with Crippen LogP contribution in [0.15, 0.2) is 30.3 Å². The Morgan fingerprint density at radius 1 is 0.952 bits per heavy atom. The quantitative estimate of drug-likeness (QED) is 0.628. The van der Waals surface area contributed by atoms with Gasteiger partial charge in [-0.05, 0) is 35.7 Å². The summed E-state index contributed by atoms with van der Waals surface area (Å²) < 4.78 is 11.2. The highest BCUT2D eigenvalue weighted by molar-refractivity contribution is 9.09. The van der Waals surface area contributed by atoms with Crippen molar-refractivity contribution in [2.45, 2.75) is 11.8 Å². The summed E-state index contributed by atoms with van der Waals surface area (Å²) in [5.74, 6) is 1.40. The zero-order valence-electron chi connectivity index (χ0n) is 11.3. The van der Waals surface area contributed by atoms with E-state index in [1.807, 2.05) is 31.2 Å². The fourth-order valence-corrected chi connectivity index (χ4v) is 3.93. The molecule has 0 aromatic heterocycles. The predicted octanol–water partition coefficient (Wildman–Crippen LogP) is 5.56. The second-order valence-electron chi connectivity index (χ2n) is 4.90. The number of aryl methyl sites for hydroxylation is 1. The van der Waals surface area contributed by atoms with E-state index in [9.17, 15) is 0 Å². The third-order valence-electron chi connectivity index (χ3n) is 3.36. The molecule has 1 aliphatic rings. The fourth-order valence-electron chi connectivity index (χ4n) is 2.28. The first kappa shape index (κ1) is 15.0. The summed E-state index contributed by atoms with van der Waals surface area (Å²) in [6.45, 7) is 3.10. The maximum Gasteiger partial charge on any atom is 0.162 e. The van der Waals surface area contributed by atoms with Gasteiger partial charge in [-0.2, -0.15) is 0 Å². The van der Waals surface area contributed by atoms with Crippen LogP contribution in [-0.4, -0.2) is 13.2 Å². The van der Waals surface area contributed by atoms with Crippen LogP contribution in [0.4, 0.5) is 0 Å². The Kier molecular flexibility index (Phi) is 4.34. The van der Waals surface area contributed by atoms with Crippen LogP contribution in [0.3, 0.4) is 0 Å². The van der Waals surface area contributed by atoms with Crippen LogP contribution in [0, 0.1) is 6.92 Å². The molecule has 2 aromatic carbocycles. The summed E-state index contributed by atoms with van der Waals surface area (Å²) >= 11 is 16.4. The van der Waals surface area contributed by atoms with Crippen molar-refractivity contribution in [3.05, 3.63) is 57.1 Å². The molecular weight excluding hydrogens is 375 g/mol. The van der Waals surface area contributed by atoms with Gasteiger partial charge in [-0.1, -0.05) is 51.3 Å². The van der Waals surface area contributed by atoms with Crippen molar-refractivity contribution in [2.24, 2.45) is 0 Å². The average molecular weight is 388 g/mol. The molecule has 0 bridgehead atoms. The van der Waals surface area contributed by atoms with Crippen molar-refractivity contribution in [3.63, 3.8) is 0 Å². The summed E-state index contributed by atoms with van der Waals surface area (Å²) in [7, 11) is 0. The molecule has 1 atom stereocenters. The lowest BCUT2D eigenvalue weighted by Gasteiger charge is -2.22. The van der Waals surface area contributed by atoms with Gasteiger partial charge < -0.3 is 9.47 Å². The lowest BCUT2D eigenvalue weighted by molar-refractivity contribution is 0.171. The summed E-state index contributed by atoms with van der Waals surface area (Å²) in [5.41, 5.74) is 3.00. The topological polar surface area (TPSA) is 18.5 Å². The monoisotopic (exact) mass is 386 g/mol. The summed E-state index contributed by atoms with van der Waals surface area (Å²) in [6.07, 6.45) is 0. The molecule has 21 heavy (non-hydrogen) atoms. The number of hydrogen-bond acceptors (Lipinski definition) is 2. The van der Waals surface area contributed by atoms with Crippen molar-refractivity contribution in [1.82, 2.24) is 0 Å².